The summed E-state index contributed by atoms with van der Waals surface area (Å²) < 4.78 is 28.6. The molecule has 320 valence electrons. The first-order valence-corrected chi connectivity index (χ1v) is 20.2. The summed E-state index contributed by atoms with van der Waals surface area (Å²) in [6, 6.07) is 6.81. The molecule has 0 radical (unpaired) electrons. The molecule has 0 spiro atoms. The second kappa shape index (κ2) is 16.0. The number of nitrogens with one attached hydrogen (secondary N) is 1. The van der Waals surface area contributed by atoms with Gasteiger partial charge < -0.3 is 54.5 Å². The van der Waals surface area contributed by atoms with E-state index in [0.717, 1.165) is 25.7 Å². The van der Waals surface area contributed by atoms with Crippen LogP contribution in [0.4, 0.5) is 9.59 Å². The molecule has 58 heavy (non-hydrogen) atoms. The highest BCUT2D eigenvalue weighted by Crippen LogP contribution is 2.62. The molecule has 5 aliphatic rings. The number of ketones is 1. The molecule has 6 N–H and O–H groups in total. The molecular weight excluding hydrogens is 754 g/mol. The Hall–Kier alpha value is -3.86. The van der Waals surface area contributed by atoms with Gasteiger partial charge in [0.15, 0.2) is 5.78 Å². The molecule has 2 bridgehead atoms. The maximum Gasteiger partial charge on any atom is 0.509 e. The molecule has 15 nitrogen and oxygen atoms in total. The van der Waals surface area contributed by atoms with Crippen molar-refractivity contribution < 1.29 is 68.4 Å². The number of rotatable bonds is 7. The second-order valence-corrected chi connectivity index (χ2v) is 18.3. The van der Waals surface area contributed by atoms with Crippen LogP contribution >= 0.6 is 0 Å². The molecule has 4 aliphatic carbocycles. The predicted molar refractivity (Wildman–Crippen MR) is 206 cm³/mol. The van der Waals surface area contributed by atoms with Gasteiger partial charge in [-0.3, -0.25) is 4.79 Å². The number of ether oxygens (including phenoxy) is 5. The van der Waals surface area contributed by atoms with Crippen LogP contribution in [0.15, 0.2) is 53.6 Å². The molecule has 6 rings (SSSR count). The van der Waals surface area contributed by atoms with E-state index in [1.54, 1.807) is 57.2 Å². The molecular formula is C43H59NO14. The number of carbonyl (C=O) groups excluding carboxylic acids is 4. The van der Waals surface area contributed by atoms with E-state index < -0.39 is 113 Å². The van der Waals surface area contributed by atoms with Gasteiger partial charge in [-0.2, -0.15) is 0 Å². The van der Waals surface area contributed by atoms with Crippen LogP contribution in [-0.4, -0.2) is 116 Å². The maximum atomic E-state index is 14.7. The monoisotopic (exact) mass is 813 g/mol. The Balaban J connectivity index is 1.40. The molecule has 3 fully saturated rings. The number of allylic oxidation sites excluding steroid dienone is 1. The third-order valence-corrected chi connectivity index (χ3v) is 13.2. The van der Waals surface area contributed by atoms with Gasteiger partial charge in [-0.1, -0.05) is 56.7 Å². The third kappa shape index (κ3) is 7.69. The number of aliphatic hydroxyl groups excluding tert-OH is 3. The lowest BCUT2D eigenvalue weighted by molar-refractivity contribution is -0.344. The van der Waals surface area contributed by atoms with Crippen molar-refractivity contribution in [2.24, 2.45) is 16.7 Å². The van der Waals surface area contributed by atoms with Crippen molar-refractivity contribution in [3.05, 3.63) is 59.2 Å². The Labute approximate surface area is 338 Å². The number of esters is 1. The van der Waals surface area contributed by atoms with Crippen LogP contribution in [0.5, 0.6) is 0 Å². The Bertz CT molecular complexity index is 1800. The van der Waals surface area contributed by atoms with Crippen molar-refractivity contribution in [3.8, 4) is 0 Å². The lowest BCUT2D eigenvalue weighted by Crippen LogP contribution is -2.80. The van der Waals surface area contributed by atoms with Gasteiger partial charge in [0, 0.05) is 24.2 Å². The molecule has 15 heteroatoms. The van der Waals surface area contributed by atoms with E-state index in [1.165, 1.54) is 27.7 Å². The first-order valence-electron chi connectivity index (χ1n) is 20.2. The molecule has 1 heterocycles. The molecule has 1 amide bonds. The second-order valence-electron chi connectivity index (χ2n) is 18.3. The van der Waals surface area contributed by atoms with Crippen molar-refractivity contribution >= 4 is 24.0 Å². The number of benzene rings is 1. The smallest absolute Gasteiger partial charge is 0.455 e. The average molecular weight is 814 g/mol. The van der Waals surface area contributed by atoms with Gasteiger partial charge in [-0.15, -0.1) is 0 Å². The summed E-state index contributed by atoms with van der Waals surface area (Å²) in [5, 5.41) is 63.0. The quantitative estimate of drug-likeness (QED) is 0.131. The molecule has 1 aromatic carbocycles. The zero-order valence-electron chi connectivity index (χ0n) is 34.3. The molecule has 12 atom stereocenters. The number of hydrogen-bond donors (Lipinski definition) is 6. The molecule has 1 aliphatic heterocycles. The van der Waals surface area contributed by atoms with E-state index in [4.69, 9.17) is 23.7 Å². The largest absolute Gasteiger partial charge is 0.509 e. The standard InChI is InChI=1S/C43H59NO14/c1-23-26(21-43(53)35(48)33-41(7,27(45)20-28-42(33,52)22-54-28)34(47)31(46)29(23)40(43,5)6)56-36(49)32(57-38(51)55-25-18-14-9-8-10-15-19-25)30(24-16-12-11-13-17-24)44-37(50)58-39(2,3)4/h11-14,16-18,25-28,30-33,35,45-46,48,52-53H,8-10,15,19-22H2,1-7H3,(H,44,50)/b18-14+/t25?,26-,27-,28+,30-,31+,32+,33?,35-,41+,42-,43+/m0/s1. The average Bonchev–Trinajstić information content (AvgIpc) is 3.12. The molecule has 1 saturated heterocycles. The van der Waals surface area contributed by atoms with Crippen LogP contribution in [0.2, 0.25) is 0 Å². The van der Waals surface area contributed by atoms with E-state index in [-0.39, 0.29) is 24.2 Å². The van der Waals surface area contributed by atoms with E-state index in [2.05, 4.69) is 5.32 Å². The number of fused-ring (bicyclic) bond motifs is 5. The topological polar surface area (TPSA) is 228 Å². The molecule has 0 aromatic heterocycles. The van der Waals surface area contributed by atoms with Gasteiger partial charge in [0.2, 0.25) is 6.10 Å². The normalized spacial score (nSPS) is 37.4. The van der Waals surface area contributed by atoms with E-state index >= 15 is 0 Å². The van der Waals surface area contributed by atoms with Crippen LogP contribution in [0.3, 0.4) is 0 Å². The zero-order chi connectivity index (χ0) is 42.6. The molecule has 2 unspecified atom stereocenters. The van der Waals surface area contributed by atoms with Gasteiger partial charge in [0.05, 0.1) is 30.3 Å². The van der Waals surface area contributed by atoms with Crippen LogP contribution in [0.1, 0.15) is 105 Å². The third-order valence-electron chi connectivity index (χ3n) is 13.2. The minimum absolute atomic E-state index is 0.0478. The van der Waals surface area contributed by atoms with Crippen molar-refractivity contribution in [2.45, 2.75) is 159 Å². The lowest BCUT2D eigenvalue weighted by Gasteiger charge is -2.66. The van der Waals surface area contributed by atoms with E-state index in [0.29, 0.717) is 12.0 Å². The minimum Gasteiger partial charge on any atom is -0.455 e. The van der Waals surface area contributed by atoms with Crippen molar-refractivity contribution in [2.75, 3.05) is 6.61 Å². The Morgan fingerprint density at radius 1 is 0.983 bits per heavy atom. The van der Waals surface area contributed by atoms with Crippen LogP contribution in [-0.2, 0) is 33.3 Å². The van der Waals surface area contributed by atoms with Gasteiger partial charge in [-0.05, 0) is 83.1 Å². The zero-order valence-corrected chi connectivity index (χ0v) is 34.3. The van der Waals surface area contributed by atoms with Gasteiger partial charge in [-0.25, -0.2) is 14.4 Å². The van der Waals surface area contributed by atoms with Crippen molar-refractivity contribution in [1.29, 1.82) is 0 Å². The summed E-state index contributed by atoms with van der Waals surface area (Å²) in [7, 11) is 0. The Morgan fingerprint density at radius 2 is 1.67 bits per heavy atom. The first-order chi connectivity index (χ1) is 27.1. The summed E-state index contributed by atoms with van der Waals surface area (Å²) in [6.07, 6.45) is -5.41. The SMILES string of the molecule is CC1=C2[C@@H](O)C(=O)[C@@]3(C)C([C@H](O)[C@](O)(C[C@@H]1OC(=O)[C@H](OC(=O)OC1/C=C/CCCCC1)[C@@H](NC(=O)OC(C)(C)C)c1ccccc1)C2(C)C)[C@]1(O)CO[C@@H]1C[C@@H]3O. The predicted octanol–water partition coefficient (Wildman–Crippen LogP) is 3.87. The number of alkyl carbamates (subject to hydrolysis) is 1. The molecule has 1 aromatic rings. The number of aliphatic hydroxyl groups is 5. The number of amides is 1. The lowest BCUT2D eigenvalue weighted by atomic mass is 9.45. The van der Waals surface area contributed by atoms with Gasteiger partial charge in [0.25, 0.3) is 0 Å². The Morgan fingerprint density at radius 3 is 2.31 bits per heavy atom. The summed E-state index contributed by atoms with van der Waals surface area (Å²) in [4.78, 5) is 56.0. The first kappa shape index (κ1) is 43.7. The Kier molecular flexibility index (Phi) is 12.0. The molecule has 2 saturated carbocycles. The van der Waals surface area contributed by atoms with Gasteiger partial charge >= 0.3 is 18.2 Å². The number of hydrogen-bond acceptors (Lipinski definition) is 14. The summed E-state index contributed by atoms with van der Waals surface area (Å²) >= 11 is 0. The van der Waals surface area contributed by atoms with E-state index in [9.17, 15) is 44.7 Å². The fraction of sp³-hybridized carbons (Fsp3) is 0.674. The fourth-order valence-electron chi connectivity index (χ4n) is 9.87. The highest BCUT2D eigenvalue weighted by Gasteiger charge is 2.75. The summed E-state index contributed by atoms with van der Waals surface area (Å²) in [5.74, 6) is -3.60. The fourth-order valence-corrected chi connectivity index (χ4v) is 9.87. The number of carbonyl (C=O) groups is 4. The van der Waals surface area contributed by atoms with Gasteiger partial charge in [0.1, 0.15) is 41.2 Å². The van der Waals surface area contributed by atoms with E-state index in [1.807, 2.05) is 6.08 Å². The maximum absolute atomic E-state index is 14.7. The van der Waals surface area contributed by atoms with Crippen molar-refractivity contribution in [3.63, 3.8) is 0 Å². The highest BCUT2D eigenvalue weighted by molar-refractivity contribution is 5.93. The number of Topliss-reactive ketones (excluding diaryl/α,β-unsaturated/α-hetero) is 1. The summed E-state index contributed by atoms with van der Waals surface area (Å²) in [6.45, 7) is 10.6. The summed E-state index contributed by atoms with van der Waals surface area (Å²) in [5.41, 5.74) is -8.14. The van der Waals surface area contributed by atoms with Crippen molar-refractivity contribution in [1.82, 2.24) is 5.32 Å². The van der Waals surface area contributed by atoms with Crippen LogP contribution in [0, 0.1) is 16.7 Å². The minimum atomic E-state index is -2.30. The highest BCUT2D eigenvalue weighted by atomic mass is 16.7. The van der Waals surface area contributed by atoms with Crippen LogP contribution < -0.4 is 5.32 Å². The van der Waals surface area contributed by atoms with Crippen LogP contribution in [0.25, 0.3) is 0 Å².